The number of aliphatic hydroxyl groups is 1. The molecule has 0 heterocycles. The summed E-state index contributed by atoms with van der Waals surface area (Å²) in [4.78, 5) is 0. The number of halogens is 1. The van der Waals surface area contributed by atoms with Crippen LogP contribution in [0.4, 0.5) is 4.39 Å². The maximum absolute atomic E-state index is 12.7. The van der Waals surface area contributed by atoms with Crippen molar-refractivity contribution in [1.82, 2.24) is 5.32 Å². The Hall–Kier alpha value is -1.13. The molecule has 4 heteroatoms. The van der Waals surface area contributed by atoms with Crippen LogP contribution in [0.25, 0.3) is 0 Å². The van der Waals surface area contributed by atoms with Gasteiger partial charge in [-0.2, -0.15) is 0 Å². The molecule has 1 aromatic carbocycles. The fraction of sp³-hybridized carbons (Fsp3) is 0.625. The quantitative estimate of drug-likeness (QED) is 0.771. The van der Waals surface area contributed by atoms with Gasteiger partial charge < -0.3 is 15.2 Å². The molecule has 0 bridgehead atoms. The van der Waals surface area contributed by atoms with E-state index in [0.717, 1.165) is 6.54 Å². The number of rotatable bonds is 8. The number of benzene rings is 1. The summed E-state index contributed by atoms with van der Waals surface area (Å²) in [7, 11) is 0. The van der Waals surface area contributed by atoms with Crippen LogP contribution in [0, 0.1) is 17.2 Å². The molecular formula is C16H26FNO2. The van der Waals surface area contributed by atoms with Crippen molar-refractivity contribution in [1.29, 1.82) is 0 Å². The van der Waals surface area contributed by atoms with Gasteiger partial charge in [-0.05, 0) is 35.6 Å². The third kappa shape index (κ3) is 5.88. The minimum Gasteiger partial charge on any atom is -0.491 e. The molecular weight excluding hydrogens is 257 g/mol. The van der Waals surface area contributed by atoms with E-state index in [1.165, 1.54) is 12.1 Å². The van der Waals surface area contributed by atoms with E-state index in [2.05, 4.69) is 33.0 Å². The molecule has 20 heavy (non-hydrogen) atoms. The first-order valence-electron chi connectivity index (χ1n) is 7.08. The highest BCUT2D eigenvalue weighted by Crippen LogP contribution is 2.24. The van der Waals surface area contributed by atoms with Crippen molar-refractivity contribution < 1.29 is 14.2 Å². The zero-order valence-electron chi connectivity index (χ0n) is 12.8. The van der Waals surface area contributed by atoms with E-state index in [9.17, 15) is 9.50 Å². The van der Waals surface area contributed by atoms with Crippen molar-refractivity contribution in [3.8, 4) is 5.75 Å². The number of nitrogens with one attached hydrogen (secondary N) is 1. The van der Waals surface area contributed by atoms with Crippen molar-refractivity contribution in [2.45, 2.75) is 33.8 Å². The van der Waals surface area contributed by atoms with Crippen molar-refractivity contribution in [2.75, 3.05) is 19.7 Å². The smallest absolute Gasteiger partial charge is 0.123 e. The maximum Gasteiger partial charge on any atom is 0.123 e. The number of ether oxygens (including phenoxy) is 1. The van der Waals surface area contributed by atoms with Crippen LogP contribution < -0.4 is 10.1 Å². The number of aliphatic hydroxyl groups excluding tert-OH is 1. The van der Waals surface area contributed by atoms with Crippen LogP contribution in [0.2, 0.25) is 0 Å². The SMILES string of the molecule is CC(C)C(C)(C)CNCC(O)COc1ccc(F)cc1. The van der Waals surface area contributed by atoms with E-state index in [1.54, 1.807) is 12.1 Å². The average Bonchev–Trinajstić information content (AvgIpc) is 2.37. The summed E-state index contributed by atoms with van der Waals surface area (Å²) in [5.74, 6) is 0.839. The highest BCUT2D eigenvalue weighted by Gasteiger charge is 2.21. The first kappa shape index (κ1) is 16.9. The molecule has 0 aliphatic heterocycles. The molecule has 0 fully saturated rings. The molecule has 1 aromatic rings. The Labute approximate surface area is 121 Å². The van der Waals surface area contributed by atoms with Crippen molar-refractivity contribution >= 4 is 0 Å². The van der Waals surface area contributed by atoms with Gasteiger partial charge in [-0.25, -0.2) is 4.39 Å². The second-order valence-electron chi connectivity index (χ2n) is 6.19. The molecule has 1 rings (SSSR count). The van der Waals surface area contributed by atoms with E-state index < -0.39 is 6.10 Å². The summed E-state index contributed by atoms with van der Waals surface area (Å²) in [6.07, 6.45) is -0.581. The number of hydrogen-bond acceptors (Lipinski definition) is 3. The fourth-order valence-electron chi connectivity index (χ4n) is 1.55. The maximum atomic E-state index is 12.7. The molecule has 1 unspecified atom stereocenters. The Morgan fingerprint density at radius 1 is 1.25 bits per heavy atom. The zero-order valence-corrected chi connectivity index (χ0v) is 12.8. The van der Waals surface area contributed by atoms with E-state index in [4.69, 9.17) is 4.74 Å². The van der Waals surface area contributed by atoms with Gasteiger partial charge in [0.2, 0.25) is 0 Å². The summed E-state index contributed by atoms with van der Waals surface area (Å²) in [6.45, 7) is 10.3. The summed E-state index contributed by atoms with van der Waals surface area (Å²) in [5.41, 5.74) is 0.192. The van der Waals surface area contributed by atoms with Crippen molar-refractivity contribution in [2.24, 2.45) is 11.3 Å². The normalized spacial score (nSPS) is 13.6. The van der Waals surface area contributed by atoms with Crippen molar-refractivity contribution in [3.05, 3.63) is 30.1 Å². The third-order valence-electron chi connectivity index (χ3n) is 3.78. The summed E-state index contributed by atoms with van der Waals surface area (Å²) in [6, 6.07) is 5.78. The van der Waals surface area contributed by atoms with Crippen LogP contribution in [0.3, 0.4) is 0 Å². The second-order valence-corrected chi connectivity index (χ2v) is 6.19. The van der Waals surface area contributed by atoms with Gasteiger partial charge in [-0.1, -0.05) is 27.7 Å². The number of hydrogen-bond donors (Lipinski definition) is 2. The molecule has 0 aromatic heterocycles. The lowest BCUT2D eigenvalue weighted by Gasteiger charge is -2.30. The lowest BCUT2D eigenvalue weighted by molar-refractivity contribution is 0.101. The van der Waals surface area contributed by atoms with Crippen LogP contribution in [0.15, 0.2) is 24.3 Å². The Morgan fingerprint density at radius 3 is 2.40 bits per heavy atom. The molecule has 114 valence electrons. The molecule has 3 nitrogen and oxygen atoms in total. The standard InChI is InChI=1S/C16H26FNO2/c1-12(2)16(3,4)11-18-9-14(19)10-20-15-7-5-13(17)6-8-15/h5-8,12,14,18-19H,9-11H2,1-4H3. The van der Waals surface area contributed by atoms with Gasteiger partial charge in [0.25, 0.3) is 0 Å². The predicted molar refractivity (Wildman–Crippen MR) is 79.4 cm³/mol. The molecule has 1 atom stereocenters. The fourth-order valence-corrected chi connectivity index (χ4v) is 1.55. The first-order valence-corrected chi connectivity index (χ1v) is 7.08. The summed E-state index contributed by atoms with van der Waals surface area (Å²) < 4.78 is 18.1. The van der Waals surface area contributed by atoms with Crippen LogP contribution in [0.5, 0.6) is 5.75 Å². The minimum atomic E-state index is -0.581. The molecule has 0 saturated heterocycles. The predicted octanol–water partition coefficient (Wildman–Crippen LogP) is 2.84. The van der Waals surface area contributed by atoms with Gasteiger partial charge in [0.15, 0.2) is 0 Å². The first-order chi connectivity index (χ1) is 9.31. The largest absolute Gasteiger partial charge is 0.491 e. The van der Waals surface area contributed by atoms with E-state index >= 15 is 0 Å². The Bertz CT molecular complexity index is 390. The Morgan fingerprint density at radius 2 is 1.85 bits per heavy atom. The van der Waals surface area contributed by atoms with Crippen molar-refractivity contribution in [3.63, 3.8) is 0 Å². The van der Waals surface area contributed by atoms with E-state index in [1.807, 2.05) is 0 Å². The lowest BCUT2D eigenvalue weighted by Crippen LogP contribution is -2.39. The topological polar surface area (TPSA) is 41.5 Å². The molecule has 0 radical (unpaired) electrons. The van der Waals surface area contributed by atoms with Gasteiger partial charge in [-0.15, -0.1) is 0 Å². The lowest BCUT2D eigenvalue weighted by atomic mass is 9.81. The second kappa shape index (κ2) is 7.60. The van der Waals surface area contributed by atoms with Gasteiger partial charge in [0.05, 0.1) is 0 Å². The molecule has 0 aliphatic rings. The molecule has 0 aliphatic carbocycles. The summed E-state index contributed by atoms with van der Waals surface area (Å²) >= 11 is 0. The zero-order chi connectivity index (χ0) is 15.2. The molecule has 0 saturated carbocycles. The van der Waals surface area contributed by atoms with Gasteiger partial charge in [0.1, 0.15) is 24.3 Å². The minimum absolute atomic E-state index is 0.192. The molecule has 0 spiro atoms. The third-order valence-corrected chi connectivity index (χ3v) is 3.78. The molecule has 2 N–H and O–H groups in total. The van der Waals surface area contributed by atoms with Crippen LogP contribution >= 0.6 is 0 Å². The van der Waals surface area contributed by atoms with Crippen LogP contribution in [0.1, 0.15) is 27.7 Å². The van der Waals surface area contributed by atoms with E-state index in [0.29, 0.717) is 18.2 Å². The van der Waals surface area contributed by atoms with Crippen LogP contribution in [-0.4, -0.2) is 30.9 Å². The van der Waals surface area contributed by atoms with Gasteiger partial charge in [0, 0.05) is 13.1 Å². The van der Waals surface area contributed by atoms with Gasteiger partial charge in [-0.3, -0.25) is 0 Å². The van der Waals surface area contributed by atoms with Crippen LogP contribution in [-0.2, 0) is 0 Å². The highest BCUT2D eigenvalue weighted by molar-refractivity contribution is 5.22. The molecule has 0 amide bonds. The highest BCUT2D eigenvalue weighted by atomic mass is 19.1. The van der Waals surface area contributed by atoms with Gasteiger partial charge >= 0.3 is 0 Å². The average molecular weight is 283 g/mol. The Kier molecular flexibility index (Phi) is 6.43. The Balaban J connectivity index is 2.24. The monoisotopic (exact) mass is 283 g/mol. The van der Waals surface area contributed by atoms with E-state index in [-0.39, 0.29) is 17.8 Å². The summed E-state index contributed by atoms with van der Waals surface area (Å²) in [5, 5.41) is 13.1.